The van der Waals surface area contributed by atoms with Crippen LogP contribution in [0.2, 0.25) is 0 Å². The van der Waals surface area contributed by atoms with Crippen molar-refractivity contribution in [2.75, 3.05) is 13.1 Å². The molecule has 0 spiro atoms. The van der Waals surface area contributed by atoms with Crippen LogP contribution >= 0.6 is 0 Å². The Morgan fingerprint density at radius 2 is 2.11 bits per heavy atom. The molecule has 2 atom stereocenters. The van der Waals surface area contributed by atoms with Crippen molar-refractivity contribution in [3.05, 3.63) is 40.9 Å². The number of fused-ring (bicyclic) bond motifs is 3. The summed E-state index contributed by atoms with van der Waals surface area (Å²) in [6.45, 7) is 3.81. The van der Waals surface area contributed by atoms with Crippen molar-refractivity contribution >= 4 is 27.8 Å². The van der Waals surface area contributed by atoms with Crippen LogP contribution in [0.3, 0.4) is 0 Å². The van der Waals surface area contributed by atoms with Crippen LogP contribution in [0.15, 0.2) is 35.5 Å². The van der Waals surface area contributed by atoms with E-state index in [1.807, 2.05) is 23.4 Å². The fourth-order valence-electron chi connectivity index (χ4n) is 4.43. The van der Waals surface area contributed by atoms with E-state index in [-0.39, 0.29) is 11.5 Å². The molecule has 140 valence electrons. The van der Waals surface area contributed by atoms with Crippen LogP contribution in [0.5, 0.6) is 0 Å². The standard InChI is InChI=1S/C21H24N4O2/c1-13-5-8-24(19(27)10-14-2-3-14)12-17(13)25-9-6-18(26)16-11-23-21-15(20(16)25)4-7-22-21/h4,6-7,9,11,13-14,17H,2-3,5,8,10,12H2,1H3,(H,22,23)/p+1/t13-,17+/m1/s1. The number of likely N-dealkylation sites (tertiary alicyclic amines) is 1. The van der Waals surface area contributed by atoms with E-state index < -0.39 is 0 Å². The van der Waals surface area contributed by atoms with Gasteiger partial charge in [0.05, 0.1) is 28.5 Å². The van der Waals surface area contributed by atoms with E-state index in [1.54, 1.807) is 12.3 Å². The topological polar surface area (TPSA) is 72.2 Å². The molecule has 6 nitrogen and oxygen atoms in total. The Hall–Kier alpha value is -2.63. The minimum Gasteiger partial charge on any atom is -0.341 e. The van der Waals surface area contributed by atoms with Crippen LogP contribution in [0.25, 0.3) is 21.9 Å². The highest BCUT2D eigenvalue weighted by Gasteiger charge is 2.33. The zero-order valence-electron chi connectivity index (χ0n) is 15.6. The zero-order chi connectivity index (χ0) is 18.5. The number of carbonyl (C=O) groups excluding carboxylic acids is 1. The molecule has 2 fully saturated rings. The number of rotatable bonds is 3. The summed E-state index contributed by atoms with van der Waals surface area (Å²) in [6, 6.07) is 3.82. The van der Waals surface area contributed by atoms with Gasteiger partial charge < -0.3 is 9.47 Å². The first-order valence-corrected chi connectivity index (χ1v) is 9.92. The number of piperidine rings is 1. The smallest absolute Gasteiger partial charge is 0.286 e. The minimum absolute atomic E-state index is 0.0192. The third kappa shape index (κ3) is 2.83. The number of pyridine rings is 2. The molecule has 2 N–H and O–H groups in total. The van der Waals surface area contributed by atoms with Gasteiger partial charge in [-0.1, -0.05) is 6.92 Å². The Labute approximate surface area is 157 Å². The van der Waals surface area contributed by atoms with E-state index in [2.05, 4.69) is 21.5 Å². The minimum atomic E-state index is 0.0192. The number of aromatic amines is 2. The third-order valence-electron chi connectivity index (χ3n) is 6.32. The molecule has 1 amide bonds. The van der Waals surface area contributed by atoms with Gasteiger partial charge in [0.25, 0.3) is 5.65 Å². The maximum atomic E-state index is 12.7. The van der Waals surface area contributed by atoms with Gasteiger partial charge in [-0.3, -0.25) is 9.59 Å². The molecule has 6 heteroatoms. The number of aromatic nitrogens is 3. The lowest BCUT2D eigenvalue weighted by molar-refractivity contribution is -0.345. The summed E-state index contributed by atoms with van der Waals surface area (Å²) < 4.78 is 2.22. The number of H-pyrrole nitrogens is 2. The second kappa shape index (κ2) is 6.22. The molecule has 0 unspecified atom stereocenters. The van der Waals surface area contributed by atoms with Crippen molar-refractivity contribution < 1.29 is 9.78 Å². The molecule has 2 aliphatic rings. The van der Waals surface area contributed by atoms with Crippen molar-refractivity contribution in [2.24, 2.45) is 11.8 Å². The molecule has 0 aromatic carbocycles. The van der Waals surface area contributed by atoms with E-state index in [1.165, 1.54) is 12.8 Å². The number of carbonyl (C=O) groups is 1. The second-order valence-electron chi connectivity index (χ2n) is 8.23. The van der Waals surface area contributed by atoms with Gasteiger partial charge in [0, 0.05) is 31.8 Å². The molecule has 1 saturated carbocycles. The molecule has 4 heterocycles. The Bertz CT molecular complexity index is 1080. The van der Waals surface area contributed by atoms with Crippen molar-refractivity contribution in [3.63, 3.8) is 0 Å². The first-order valence-electron chi connectivity index (χ1n) is 9.92. The predicted molar refractivity (Wildman–Crippen MR) is 103 cm³/mol. The number of hydrogen-bond donors (Lipinski definition) is 1. The molecule has 3 aromatic heterocycles. The largest absolute Gasteiger partial charge is 0.341 e. The zero-order valence-corrected chi connectivity index (χ0v) is 15.6. The summed E-state index contributed by atoms with van der Waals surface area (Å²) in [6.07, 6.45) is 9.67. The molecule has 27 heavy (non-hydrogen) atoms. The lowest BCUT2D eigenvalue weighted by Crippen LogP contribution is -2.44. The molecule has 1 saturated heterocycles. The molecule has 5 rings (SSSR count). The summed E-state index contributed by atoms with van der Waals surface area (Å²) in [7, 11) is 0. The summed E-state index contributed by atoms with van der Waals surface area (Å²) in [4.78, 5) is 33.5. The molecule has 3 aromatic rings. The molecule has 0 bridgehead atoms. The quantitative estimate of drug-likeness (QED) is 0.775. The number of nitrogens with one attached hydrogen (secondary N) is 2. The maximum absolute atomic E-state index is 12.7. The molecule has 1 aliphatic heterocycles. The van der Waals surface area contributed by atoms with Gasteiger partial charge in [-0.15, -0.1) is 0 Å². The summed E-state index contributed by atoms with van der Waals surface area (Å²) in [5.74, 6) is 1.34. The van der Waals surface area contributed by atoms with E-state index >= 15 is 0 Å². The van der Waals surface area contributed by atoms with Crippen LogP contribution in [0.1, 0.15) is 38.6 Å². The monoisotopic (exact) mass is 365 g/mol. The van der Waals surface area contributed by atoms with Gasteiger partial charge in [-0.2, -0.15) is 0 Å². The van der Waals surface area contributed by atoms with Gasteiger partial charge in [0.15, 0.2) is 5.43 Å². The highest BCUT2D eigenvalue weighted by molar-refractivity contribution is 6.00. The molecular formula is C21H25N4O2+. The van der Waals surface area contributed by atoms with Crippen molar-refractivity contribution in [1.29, 1.82) is 0 Å². The van der Waals surface area contributed by atoms with Crippen LogP contribution in [-0.2, 0) is 4.79 Å². The van der Waals surface area contributed by atoms with E-state index in [0.29, 0.717) is 29.6 Å². The number of hydrogen-bond acceptors (Lipinski definition) is 2. The lowest BCUT2D eigenvalue weighted by Gasteiger charge is -2.39. The Morgan fingerprint density at radius 3 is 2.93 bits per heavy atom. The van der Waals surface area contributed by atoms with E-state index in [4.69, 9.17) is 0 Å². The van der Waals surface area contributed by atoms with Crippen molar-refractivity contribution in [1.82, 2.24) is 14.5 Å². The lowest BCUT2D eigenvalue weighted by atomic mass is 9.92. The molecule has 0 radical (unpaired) electrons. The average Bonchev–Trinajstić information content (AvgIpc) is 3.34. The van der Waals surface area contributed by atoms with Gasteiger partial charge in [-0.05, 0) is 37.2 Å². The highest BCUT2D eigenvalue weighted by Crippen LogP contribution is 2.35. The van der Waals surface area contributed by atoms with Crippen LogP contribution in [-0.4, -0.2) is 33.4 Å². The van der Waals surface area contributed by atoms with Crippen LogP contribution in [0, 0.1) is 11.8 Å². The van der Waals surface area contributed by atoms with Gasteiger partial charge >= 0.3 is 0 Å². The summed E-state index contributed by atoms with van der Waals surface area (Å²) in [5, 5.41) is 1.71. The maximum Gasteiger partial charge on any atom is 0.286 e. The van der Waals surface area contributed by atoms with Gasteiger partial charge in [0.2, 0.25) is 5.91 Å². The predicted octanol–water partition coefficient (Wildman–Crippen LogP) is 2.51. The first kappa shape index (κ1) is 16.5. The molecular weight excluding hydrogens is 340 g/mol. The Balaban J connectivity index is 1.58. The van der Waals surface area contributed by atoms with Crippen molar-refractivity contribution in [3.8, 4) is 0 Å². The normalized spacial score (nSPS) is 23.2. The number of nitrogens with zero attached hydrogens (tertiary/aromatic N) is 2. The van der Waals surface area contributed by atoms with Gasteiger partial charge in [-0.25, -0.2) is 9.97 Å². The SMILES string of the molecule is C[C@@H]1CCN(C(=O)CC2CC2)C[C@@H]1n1ccc(=O)c2c[nH+]c3[nH]ccc3c21. The van der Waals surface area contributed by atoms with Crippen LogP contribution < -0.4 is 10.4 Å². The fraction of sp³-hybridized carbons (Fsp3) is 0.476. The Morgan fingerprint density at radius 1 is 1.26 bits per heavy atom. The summed E-state index contributed by atoms with van der Waals surface area (Å²) >= 11 is 0. The third-order valence-corrected chi connectivity index (χ3v) is 6.32. The van der Waals surface area contributed by atoms with Crippen LogP contribution in [0.4, 0.5) is 0 Å². The second-order valence-corrected chi connectivity index (χ2v) is 8.23. The number of amides is 1. The first-order chi connectivity index (χ1) is 13.1. The van der Waals surface area contributed by atoms with E-state index in [0.717, 1.165) is 36.1 Å². The van der Waals surface area contributed by atoms with E-state index in [9.17, 15) is 9.59 Å². The van der Waals surface area contributed by atoms with Crippen molar-refractivity contribution in [2.45, 2.75) is 38.6 Å². The fourth-order valence-corrected chi connectivity index (χ4v) is 4.43. The average molecular weight is 365 g/mol. The molecule has 1 aliphatic carbocycles. The van der Waals surface area contributed by atoms with Gasteiger partial charge in [0.1, 0.15) is 6.20 Å². The summed E-state index contributed by atoms with van der Waals surface area (Å²) in [5.41, 5.74) is 1.88. The Kier molecular flexibility index (Phi) is 3.81. The highest BCUT2D eigenvalue weighted by atomic mass is 16.2.